The second kappa shape index (κ2) is 13.1. The number of halogens is 1. The van der Waals surface area contributed by atoms with Crippen LogP contribution >= 0.6 is 11.6 Å². The van der Waals surface area contributed by atoms with E-state index in [0.29, 0.717) is 29.6 Å². The molecule has 0 aliphatic carbocycles. The molecule has 0 aliphatic heterocycles. The molecular weight excluding hydrogens is 524 g/mol. The summed E-state index contributed by atoms with van der Waals surface area (Å²) in [6.45, 7) is 5.20. The Hall–Kier alpha value is -3.14. The van der Waals surface area contributed by atoms with E-state index in [0.717, 1.165) is 30.0 Å². The molecule has 1 aromatic heterocycles. The number of hydrogen-bond acceptors (Lipinski definition) is 4. The van der Waals surface area contributed by atoms with Crippen LogP contribution in [0.5, 0.6) is 0 Å². The smallest absolute Gasteiger partial charge is 0.307 e. The number of carbonyl (C=O) groups excluding carboxylic acids is 2. The second-order valence-corrected chi connectivity index (χ2v) is 11.6. The van der Waals surface area contributed by atoms with Crippen molar-refractivity contribution in [2.75, 3.05) is 27.2 Å². The van der Waals surface area contributed by atoms with Crippen LogP contribution in [0.2, 0.25) is 5.02 Å². The Labute approximate surface area is 230 Å². The van der Waals surface area contributed by atoms with Gasteiger partial charge in [0.15, 0.2) is 0 Å². The Balaban J connectivity index is 2.16. The quantitative estimate of drug-likeness (QED) is 0.311. The molecule has 0 unspecified atom stereocenters. The Morgan fingerprint density at radius 1 is 0.974 bits per heavy atom. The van der Waals surface area contributed by atoms with Crippen LogP contribution in [0.15, 0.2) is 60.4 Å². The summed E-state index contributed by atoms with van der Waals surface area (Å²) >= 11 is 6.25. The molecule has 2 amide bonds. The maximum Gasteiger partial charge on any atom is 0.307 e. The summed E-state index contributed by atoms with van der Waals surface area (Å²) < 4.78 is 28.4. The fourth-order valence-electron chi connectivity index (χ4n) is 3.98. The van der Waals surface area contributed by atoms with Crippen LogP contribution in [0, 0.1) is 0 Å². The van der Waals surface area contributed by atoms with Gasteiger partial charge in [0.05, 0.1) is 16.1 Å². The van der Waals surface area contributed by atoms with Crippen molar-refractivity contribution in [1.82, 2.24) is 18.5 Å². The second-order valence-electron chi connectivity index (χ2n) is 9.18. The van der Waals surface area contributed by atoms with Crippen LogP contribution in [-0.2, 0) is 15.0 Å². The molecule has 0 bridgehead atoms. The van der Waals surface area contributed by atoms with Gasteiger partial charge in [-0.1, -0.05) is 68.6 Å². The highest BCUT2D eigenvalue weighted by atomic mass is 35.5. The van der Waals surface area contributed by atoms with Crippen molar-refractivity contribution in [1.29, 1.82) is 0 Å². The van der Waals surface area contributed by atoms with Crippen molar-refractivity contribution < 1.29 is 18.0 Å². The summed E-state index contributed by atoms with van der Waals surface area (Å²) in [4.78, 5) is 28.8. The number of benzene rings is 2. The highest BCUT2D eigenvalue weighted by Gasteiger charge is 2.24. The average molecular weight is 559 g/mol. The molecule has 0 saturated carbocycles. The zero-order valence-electron chi connectivity index (χ0n) is 22.3. The summed E-state index contributed by atoms with van der Waals surface area (Å²) in [5, 5.41) is 3.66. The van der Waals surface area contributed by atoms with Gasteiger partial charge in [0.1, 0.15) is 5.70 Å². The summed E-state index contributed by atoms with van der Waals surface area (Å²) in [7, 11) is -0.918. The molecule has 2 aromatic carbocycles. The van der Waals surface area contributed by atoms with Crippen LogP contribution in [0.1, 0.15) is 55.5 Å². The topological polar surface area (TPSA) is 91.7 Å². The maximum atomic E-state index is 13.8. The largest absolute Gasteiger partial charge is 0.337 e. The van der Waals surface area contributed by atoms with Gasteiger partial charge in [-0.2, -0.15) is 12.7 Å². The van der Waals surface area contributed by atoms with Crippen LogP contribution in [0.4, 0.5) is 0 Å². The van der Waals surface area contributed by atoms with Gasteiger partial charge in [0.2, 0.25) is 0 Å². The number of nitrogens with zero attached hydrogens (tertiary/aromatic N) is 3. The van der Waals surface area contributed by atoms with Crippen molar-refractivity contribution in [3.05, 3.63) is 76.6 Å². The number of carbonyl (C=O) groups is 2. The van der Waals surface area contributed by atoms with Crippen molar-refractivity contribution in [2.45, 2.75) is 39.5 Å². The number of rotatable bonds is 12. The number of amides is 2. The first-order valence-electron chi connectivity index (χ1n) is 12.7. The Morgan fingerprint density at radius 3 is 2.18 bits per heavy atom. The fourth-order valence-corrected chi connectivity index (χ4v) is 5.21. The summed E-state index contributed by atoms with van der Waals surface area (Å²) in [6, 6.07) is 13.6. The van der Waals surface area contributed by atoms with E-state index in [1.54, 1.807) is 59.5 Å². The zero-order chi connectivity index (χ0) is 27.9. The van der Waals surface area contributed by atoms with Gasteiger partial charge in [-0.15, -0.1) is 0 Å². The number of aromatic nitrogens is 1. The molecule has 0 saturated heterocycles. The molecule has 10 heteroatoms. The predicted molar refractivity (Wildman–Crippen MR) is 153 cm³/mol. The number of hydrogen-bond donors (Lipinski definition) is 1. The Bertz CT molecular complexity index is 1420. The van der Waals surface area contributed by atoms with E-state index in [1.165, 1.54) is 24.3 Å². The van der Waals surface area contributed by atoms with Gasteiger partial charge in [0.25, 0.3) is 11.8 Å². The normalized spacial score (nSPS) is 12.2. The standard InChI is InChI=1S/C28H35ClN4O4S/c1-5-7-17-32(18-8-6-2)28(35)25(30-27(34)23-14-9-11-15-24(23)29)19-21-20-33(38(36,37)31(3)4)26-16-12-10-13-22(21)26/h9-16,19-20H,5-8,17-18H2,1-4H3,(H,30,34). The third-order valence-corrected chi connectivity index (χ3v) is 8.22. The third kappa shape index (κ3) is 6.64. The van der Waals surface area contributed by atoms with Crippen LogP contribution < -0.4 is 5.32 Å². The third-order valence-electron chi connectivity index (χ3n) is 6.17. The van der Waals surface area contributed by atoms with Gasteiger partial charge < -0.3 is 10.2 Å². The van der Waals surface area contributed by atoms with Gasteiger partial charge in [-0.25, -0.2) is 3.97 Å². The van der Waals surface area contributed by atoms with Gasteiger partial charge in [0, 0.05) is 44.3 Å². The van der Waals surface area contributed by atoms with E-state index >= 15 is 0 Å². The summed E-state index contributed by atoms with van der Waals surface area (Å²) in [6.07, 6.45) is 6.49. The highest BCUT2D eigenvalue weighted by Crippen LogP contribution is 2.26. The molecule has 3 aromatic rings. The molecule has 0 atom stereocenters. The monoisotopic (exact) mass is 558 g/mol. The van der Waals surface area contributed by atoms with Crippen molar-refractivity contribution in [3.8, 4) is 0 Å². The lowest BCUT2D eigenvalue weighted by atomic mass is 10.1. The lowest BCUT2D eigenvalue weighted by molar-refractivity contribution is -0.127. The SMILES string of the molecule is CCCCN(CCCC)C(=O)C(=Cc1cn(S(=O)(=O)N(C)C)c2ccccc12)NC(=O)c1ccccc1Cl. The first-order chi connectivity index (χ1) is 18.1. The van der Waals surface area contributed by atoms with Crippen LogP contribution in [0.3, 0.4) is 0 Å². The Morgan fingerprint density at radius 2 is 1.58 bits per heavy atom. The molecule has 3 rings (SSSR count). The molecule has 0 fully saturated rings. The summed E-state index contributed by atoms with van der Waals surface area (Å²) in [5.74, 6) is -0.856. The Kier molecular flexibility index (Phi) is 10.1. The van der Waals surface area contributed by atoms with E-state index in [2.05, 4.69) is 19.2 Å². The minimum Gasteiger partial charge on any atom is -0.337 e. The predicted octanol–water partition coefficient (Wildman–Crippen LogP) is 5.15. The molecular formula is C28H35ClN4O4S. The number of fused-ring (bicyclic) bond motifs is 1. The van der Waals surface area contributed by atoms with E-state index < -0.39 is 16.1 Å². The first kappa shape index (κ1) is 29.4. The molecule has 0 radical (unpaired) electrons. The number of nitrogens with one attached hydrogen (secondary N) is 1. The highest BCUT2D eigenvalue weighted by molar-refractivity contribution is 7.87. The van der Waals surface area contributed by atoms with Gasteiger partial charge in [-0.3, -0.25) is 9.59 Å². The van der Waals surface area contributed by atoms with E-state index in [9.17, 15) is 18.0 Å². The van der Waals surface area contributed by atoms with Crippen molar-refractivity contribution >= 4 is 50.6 Å². The first-order valence-corrected chi connectivity index (χ1v) is 14.5. The van der Waals surface area contributed by atoms with Crippen molar-refractivity contribution in [2.24, 2.45) is 0 Å². The molecule has 0 aliphatic rings. The molecule has 38 heavy (non-hydrogen) atoms. The van der Waals surface area contributed by atoms with Gasteiger partial charge in [-0.05, 0) is 37.1 Å². The zero-order valence-corrected chi connectivity index (χ0v) is 23.8. The molecule has 1 N–H and O–H groups in total. The minimum absolute atomic E-state index is 0.0484. The fraction of sp³-hybridized carbons (Fsp3) is 0.357. The summed E-state index contributed by atoms with van der Waals surface area (Å²) in [5.41, 5.74) is 1.23. The average Bonchev–Trinajstić information content (AvgIpc) is 3.27. The maximum absolute atomic E-state index is 13.8. The molecule has 8 nitrogen and oxygen atoms in total. The molecule has 204 valence electrons. The lowest BCUT2D eigenvalue weighted by Gasteiger charge is -2.24. The molecule has 1 heterocycles. The molecule has 0 spiro atoms. The van der Waals surface area contributed by atoms with Crippen LogP contribution in [0.25, 0.3) is 17.0 Å². The number of para-hydroxylation sites is 1. The van der Waals surface area contributed by atoms with Crippen molar-refractivity contribution in [3.63, 3.8) is 0 Å². The van der Waals surface area contributed by atoms with E-state index in [1.807, 2.05) is 0 Å². The number of unbranched alkanes of at least 4 members (excludes halogenated alkanes) is 2. The van der Waals surface area contributed by atoms with Crippen LogP contribution in [-0.4, -0.2) is 60.6 Å². The lowest BCUT2D eigenvalue weighted by Crippen LogP contribution is -2.39. The minimum atomic E-state index is -3.83. The van der Waals surface area contributed by atoms with Gasteiger partial charge >= 0.3 is 10.2 Å². The van der Waals surface area contributed by atoms with E-state index in [-0.39, 0.29) is 22.2 Å². The van der Waals surface area contributed by atoms with E-state index in [4.69, 9.17) is 11.6 Å².